The number of aromatic nitrogens is 3. The molecule has 2 aromatic heterocycles. The zero-order valence-corrected chi connectivity index (χ0v) is 18.2. The first kappa shape index (κ1) is 18.8. The molecule has 0 saturated heterocycles. The molecular weight excluding hydrogens is 370 g/mol. The predicted molar refractivity (Wildman–Crippen MR) is 116 cm³/mol. The summed E-state index contributed by atoms with van der Waals surface area (Å²) >= 11 is 3.70. The number of rotatable bonds is 5. The number of aryl methyl sites for hydroxylation is 1. The molecule has 0 amide bonds. The van der Waals surface area contributed by atoms with Crippen LogP contribution in [0.4, 0.5) is 0 Å². The van der Waals surface area contributed by atoms with E-state index in [4.69, 9.17) is 0 Å². The third kappa shape index (κ3) is 3.72. The Balaban J connectivity index is 1.65. The van der Waals surface area contributed by atoms with Crippen LogP contribution in [0.25, 0.3) is 11.4 Å². The van der Waals surface area contributed by atoms with Gasteiger partial charge in [0.2, 0.25) is 0 Å². The molecule has 4 rings (SSSR count). The normalized spacial score (nSPS) is 16.7. The van der Waals surface area contributed by atoms with Crippen LogP contribution in [0.3, 0.4) is 0 Å². The Kier molecular flexibility index (Phi) is 5.42. The lowest BCUT2D eigenvalue weighted by molar-refractivity contribution is 0.507. The molecule has 0 saturated carbocycles. The molecule has 3 nitrogen and oxygen atoms in total. The van der Waals surface area contributed by atoms with E-state index in [1.807, 2.05) is 11.3 Å². The molecule has 142 valence electrons. The monoisotopic (exact) mass is 397 g/mol. The summed E-state index contributed by atoms with van der Waals surface area (Å²) in [4.78, 5) is 1.55. The second-order valence-electron chi connectivity index (χ2n) is 7.88. The van der Waals surface area contributed by atoms with Crippen LogP contribution in [-0.4, -0.2) is 14.8 Å². The predicted octanol–water partition coefficient (Wildman–Crippen LogP) is 6.31. The van der Waals surface area contributed by atoms with Crippen molar-refractivity contribution in [2.24, 2.45) is 5.92 Å². The smallest absolute Gasteiger partial charge is 0.192 e. The van der Waals surface area contributed by atoms with Crippen molar-refractivity contribution in [3.63, 3.8) is 0 Å². The highest BCUT2D eigenvalue weighted by Crippen LogP contribution is 2.39. The number of hydrogen-bond acceptors (Lipinski definition) is 4. The Morgan fingerprint density at radius 3 is 2.85 bits per heavy atom. The maximum Gasteiger partial charge on any atom is 0.192 e. The van der Waals surface area contributed by atoms with Gasteiger partial charge in [-0.05, 0) is 62.6 Å². The molecule has 0 bridgehead atoms. The van der Waals surface area contributed by atoms with Gasteiger partial charge in [-0.25, -0.2) is 0 Å². The van der Waals surface area contributed by atoms with Crippen molar-refractivity contribution in [2.45, 2.75) is 63.9 Å². The molecule has 2 heterocycles. The first-order valence-electron chi connectivity index (χ1n) is 9.76. The highest BCUT2D eigenvalue weighted by Gasteiger charge is 2.25. The summed E-state index contributed by atoms with van der Waals surface area (Å²) in [6.45, 7) is 8.99. The minimum absolute atomic E-state index is 0.340. The van der Waals surface area contributed by atoms with E-state index >= 15 is 0 Å². The largest absolute Gasteiger partial charge is 0.299 e. The summed E-state index contributed by atoms with van der Waals surface area (Å²) in [7, 11) is 0. The summed E-state index contributed by atoms with van der Waals surface area (Å²) in [5.74, 6) is 2.77. The van der Waals surface area contributed by atoms with Gasteiger partial charge < -0.3 is 0 Å². The van der Waals surface area contributed by atoms with Gasteiger partial charge in [-0.1, -0.05) is 43.0 Å². The van der Waals surface area contributed by atoms with E-state index in [1.165, 1.54) is 41.5 Å². The summed E-state index contributed by atoms with van der Waals surface area (Å²) in [5.41, 5.74) is 5.53. The SMILES string of the molecule is Cc1ccccc1CSc1nnc(-c2csc3c2CCC(C)C3)n1C(C)C. The second-order valence-corrected chi connectivity index (χ2v) is 9.79. The molecule has 0 aliphatic heterocycles. The first-order valence-corrected chi connectivity index (χ1v) is 11.6. The van der Waals surface area contributed by atoms with Gasteiger partial charge in [0.05, 0.1) is 0 Å². The van der Waals surface area contributed by atoms with Crippen LogP contribution in [0, 0.1) is 12.8 Å². The van der Waals surface area contributed by atoms with E-state index in [-0.39, 0.29) is 0 Å². The summed E-state index contributed by atoms with van der Waals surface area (Å²) in [5, 5.41) is 12.6. The summed E-state index contributed by atoms with van der Waals surface area (Å²) in [6, 6.07) is 8.93. The molecule has 0 spiro atoms. The van der Waals surface area contributed by atoms with Crippen molar-refractivity contribution in [1.29, 1.82) is 0 Å². The molecule has 27 heavy (non-hydrogen) atoms. The average molecular weight is 398 g/mol. The number of nitrogens with zero attached hydrogens (tertiary/aromatic N) is 3. The van der Waals surface area contributed by atoms with Gasteiger partial charge in [-0.3, -0.25) is 4.57 Å². The van der Waals surface area contributed by atoms with E-state index in [1.54, 1.807) is 16.6 Å². The van der Waals surface area contributed by atoms with Gasteiger partial charge in [-0.15, -0.1) is 21.5 Å². The maximum absolute atomic E-state index is 4.64. The fourth-order valence-electron chi connectivity index (χ4n) is 3.80. The van der Waals surface area contributed by atoms with Gasteiger partial charge in [0.15, 0.2) is 11.0 Å². The van der Waals surface area contributed by atoms with Crippen LogP contribution < -0.4 is 0 Å². The average Bonchev–Trinajstić information content (AvgIpc) is 3.24. The Hall–Kier alpha value is -1.59. The highest BCUT2D eigenvalue weighted by molar-refractivity contribution is 7.98. The van der Waals surface area contributed by atoms with Gasteiger partial charge >= 0.3 is 0 Å². The third-order valence-electron chi connectivity index (χ3n) is 5.44. The van der Waals surface area contributed by atoms with Gasteiger partial charge in [0.25, 0.3) is 0 Å². The fraction of sp³-hybridized carbons (Fsp3) is 0.455. The molecule has 1 aliphatic rings. The van der Waals surface area contributed by atoms with Crippen LogP contribution >= 0.6 is 23.1 Å². The fourth-order valence-corrected chi connectivity index (χ4v) is 6.19. The van der Waals surface area contributed by atoms with Crippen LogP contribution in [0.15, 0.2) is 34.8 Å². The van der Waals surface area contributed by atoms with Crippen LogP contribution in [0.1, 0.15) is 54.8 Å². The molecule has 1 atom stereocenters. The molecule has 0 N–H and O–H groups in total. The molecule has 3 aromatic rings. The molecular formula is C22H27N3S2. The summed E-state index contributed by atoms with van der Waals surface area (Å²) < 4.78 is 2.32. The van der Waals surface area contributed by atoms with Crippen molar-refractivity contribution in [3.8, 4) is 11.4 Å². The van der Waals surface area contributed by atoms with Crippen molar-refractivity contribution < 1.29 is 0 Å². The highest BCUT2D eigenvalue weighted by atomic mass is 32.2. The minimum Gasteiger partial charge on any atom is -0.299 e. The van der Waals surface area contributed by atoms with Crippen LogP contribution in [0.5, 0.6) is 0 Å². The van der Waals surface area contributed by atoms with E-state index < -0.39 is 0 Å². The Labute approximate surface area is 170 Å². The van der Waals surface area contributed by atoms with E-state index in [0.717, 1.165) is 22.7 Å². The van der Waals surface area contributed by atoms with Crippen molar-refractivity contribution in [1.82, 2.24) is 14.8 Å². The Morgan fingerprint density at radius 1 is 1.26 bits per heavy atom. The van der Waals surface area contributed by atoms with Gasteiger partial charge in [0, 0.05) is 27.6 Å². The lowest BCUT2D eigenvalue weighted by Gasteiger charge is -2.20. The van der Waals surface area contributed by atoms with Crippen molar-refractivity contribution in [3.05, 3.63) is 51.2 Å². The molecule has 1 unspecified atom stereocenters. The molecule has 5 heteroatoms. The molecule has 1 aliphatic carbocycles. The summed E-state index contributed by atoms with van der Waals surface area (Å²) in [6.07, 6.45) is 3.66. The Bertz CT molecular complexity index is 939. The molecule has 1 aromatic carbocycles. The van der Waals surface area contributed by atoms with Gasteiger partial charge in [0.1, 0.15) is 0 Å². The maximum atomic E-state index is 4.64. The van der Waals surface area contributed by atoms with Crippen LogP contribution in [-0.2, 0) is 18.6 Å². The van der Waals surface area contributed by atoms with E-state index in [0.29, 0.717) is 6.04 Å². The first-order chi connectivity index (χ1) is 13.0. The number of fused-ring (bicyclic) bond motifs is 1. The number of thiophene rings is 1. The standard InChI is InChI=1S/C22H27N3S2/c1-14(2)25-21(19-13-26-20-11-15(3)9-10-18(19)20)23-24-22(25)27-12-17-8-6-5-7-16(17)4/h5-8,13-15H,9-12H2,1-4H3. The number of thioether (sulfide) groups is 1. The lowest BCUT2D eigenvalue weighted by atomic mass is 9.88. The minimum atomic E-state index is 0.340. The molecule has 0 fully saturated rings. The number of benzene rings is 1. The quantitative estimate of drug-likeness (QED) is 0.472. The molecule has 0 radical (unpaired) electrons. The third-order valence-corrected chi connectivity index (χ3v) is 7.48. The topological polar surface area (TPSA) is 30.7 Å². The number of hydrogen-bond donors (Lipinski definition) is 0. The van der Waals surface area contributed by atoms with Gasteiger partial charge in [-0.2, -0.15) is 0 Å². The van der Waals surface area contributed by atoms with E-state index in [9.17, 15) is 0 Å². The zero-order chi connectivity index (χ0) is 19.0. The lowest BCUT2D eigenvalue weighted by Crippen LogP contribution is -2.10. The Morgan fingerprint density at radius 2 is 2.07 bits per heavy atom. The van der Waals surface area contributed by atoms with Crippen molar-refractivity contribution in [2.75, 3.05) is 0 Å². The van der Waals surface area contributed by atoms with E-state index in [2.05, 4.69) is 72.1 Å². The zero-order valence-electron chi connectivity index (χ0n) is 16.5. The second kappa shape index (κ2) is 7.80. The van der Waals surface area contributed by atoms with Crippen LogP contribution in [0.2, 0.25) is 0 Å². The van der Waals surface area contributed by atoms with Crippen molar-refractivity contribution >= 4 is 23.1 Å².